The van der Waals surface area contributed by atoms with Gasteiger partial charge in [-0.3, -0.25) is 4.79 Å². The molecule has 0 aromatic carbocycles. The predicted molar refractivity (Wildman–Crippen MR) is 62.8 cm³/mol. The minimum absolute atomic E-state index is 0.188. The van der Waals surface area contributed by atoms with E-state index in [2.05, 4.69) is 20.8 Å². The van der Waals surface area contributed by atoms with Crippen molar-refractivity contribution in [2.24, 2.45) is 11.8 Å². The molecular formula is C11H22O2S. The fraction of sp³-hybridized carbons (Fsp3) is 0.909. The van der Waals surface area contributed by atoms with Crippen LogP contribution in [-0.4, -0.2) is 22.1 Å². The third-order valence-corrected chi connectivity index (χ3v) is 3.69. The second-order valence-electron chi connectivity index (χ2n) is 4.15. The van der Waals surface area contributed by atoms with Crippen LogP contribution in [0.5, 0.6) is 0 Å². The van der Waals surface area contributed by atoms with Gasteiger partial charge in [-0.05, 0) is 24.5 Å². The number of carbonyl (C=O) groups is 1. The molecule has 0 heterocycles. The van der Waals surface area contributed by atoms with Crippen LogP contribution in [0.2, 0.25) is 0 Å². The molecular weight excluding hydrogens is 196 g/mol. The second-order valence-corrected chi connectivity index (χ2v) is 5.64. The number of carboxylic acids is 1. The molecule has 0 aromatic rings. The Morgan fingerprint density at radius 1 is 1.36 bits per heavy atom. The Hall–Kier alpha value is -0.180. The molecule has 0 saturated heterocycles. The zero-order valence-corrected chi connectivity index (χ0v) is 10.4. The van der Waals surface area contributed by atoms with Gasteiger partial charge in [-0.15, -0.1) is 0 Å². The van der Waals surface area contributed by atoms with Gasteiger partial charge in [0.2, 0.25) is 0 Å². The van der Waals surface area contributed by atoms with Crippen molar-refractivity contribution in [3.63, 3.8) is 0 Å². The van der Waals surface area contributed by atoms with E-state index in [0.29, 0.717) is 5.92 Å². The molecule has 14 heavy (non-hydrogen) atoms. The maximum atomic E-state index is 11.0. The Kier molecular flexibility index (Phi) is 7.06. The number of rotatable bonds is 7. The maximum Gasteiger partial charge on any atom is 0.307 e. The molecule has 2 atom stereocenters. The SMILES string of the molecule is CCCSC(C)C(CC(C)C)C(=O)O. The molecule has 0 saturated carbocycles. The van der Waals surface area contributed by atoms with Crippen LogP contribution in [0, 0.1) is 11.8 Å². The third kappa shape index (κ3) is 5.53. The molecule has 0 bridgehead atoms. The van der Waals surface area contributed by atoms with Crippen molar-refractivity contribution in [1.29, 1.82) is 0 Å². The first-order valence-electron chi connectivity index (χ1n) is 5.33. The molecule has 0 aromatic heterocycles. The van der Waals surface area contributed by atoms with Crippen molar-refractivity contribution in [2.75, 3.05) is 5.75 Å². The van der Waals surface area contributed by atoms with Gasteiger partial charge >= 0.3 is 5.97 Å². The van der Waals surface area contributed by atoms with Crippen LogP contribution in [0.15, 0.2) is 0 Å². The Balaban J connectivity index is 4.11. The highest BCUT2D eigenvalue weighted by Gasteiger charge is 2.25. The van der Waals surface area contributed by atoms with E-state index >= 15 is 0 Å². The zero-order chi connectivity index (χ0) is 11.1. The highest BCUT2D eigenvalue weighted by Crippen LogP contribution is 2.25. The summed E-state index contributed by atoms with van der Waals surface area (Å²) in [5.41, 5.74) is 0. The Morgan fingerprint density at radius 2 is 1.93 bits per heavy atom. The summed E-state index contributed by atoms with van der Waals surface area (Å²) in [7, 11) is 0. The first kappa shape index (κ1) is 13.8. The Morgan fingerprint density at radius 3 is 2.29 bits per heavy atom. The van der Waals surface area contributed by atoms with Crippen LogP contribution < -0.4 is 0 Å². The van der Waals surface area contributed by atoms with Crippen LogP contribution in [0.1, 0.15) is 40.5 Å². The van der Waals surface area contributed by atoms with Crippen LogP contribution in [0.25, 0.3) is 0 Å². The van der Waals surface area contributed by atoms with Gasteiger partial charge in [-0.25, -0.2) is 0 Å². The fourth-order valence-corrected chi connectivity index (χ4v) is 2.49. The lowest BCUT2D eigenvalue weighted by Crippen LogP contribution is -2.25. The van der Waals surface area contributed by atoms with E-state index in [4.69, 9.17) is 5.11 Å². The van der Waals surface area contributed by atoms with Crippen molar-refractivity contribution < 1.29 is 9.90 Å². The minimum Gasteiger partial charge on any atom is -0.481 e. The van der Waals surface area contributed by atoms with E-state index in [-0.39, 0.29) is 11.2 Å². The molecule has 0 fully saturated rings. The fourth-order valence-electron chi connectivity index (χ4n) is 1.42. The van der Waals surface area contributed by atoms with E-state index in [1.807, 2.05) is 6.92 Å². The molecule has 0 aliphatic rings. The van der Waals surface area contributed by atoms with Gasteiger partial charge in [0.25, 0.3) is 0 Å². The summed E-state index contributed by atoms with van der Waals surface area (Å²) in [6, 6.07) is 0. The molecule has 3 heteroatoms. The molecule has 84 valence electrons. The van der Waals surface area contributed by atoms with Gasteiger partial charge in [0.05, 0.1) is 5.92 Å². The standard InChI is InChI=1S/C11H22O2S/c1-5-6-14-9(4)10(11(12)13)7-8(2)3/h8-10H,5-7H2,1-4H3,(H,12,13). The Labute approximate surface area is 91.5 Å². The van der Waals surface area contributed by atoms with E-state index in [9.17, 15) is 4.79 Å². The summed E-state index contributed by atoms with van der Waals surface area (Å²) in [4.78, 5) is 11.0. The first-order valence-corrected chi connectivity index (χ1v) is 6.38. The van der Waals surface area contributed by atoms with Crippen LogP contribution in [-0.2, 0) is 4.79 Å². The highest BCUT2D eigenvalue weighted by molar-refractivity contribution is 7.99. The van der Waals surface area contributed by atoms with Gasteiger partial charge in [0.15, 0.2) is 0 Å². The molecule has 0 radical (unpaired) electrons. The van der Waals surface area contributed by atoms with Crippen molar-refractivity contribution in [3.05, 3.63) is 0 Å². The second kappa shape index (κ2) is 7.16. The average Bonchev–Trinajstić information content (AvgIpc) is 2.09. The number of hydrogen-bond acceptors (Lipinski definition) is 2. The summed E-state index contributed by atoms with van der Waals surface area (Å²) < 4.78 is 0. The summed E-state index contributed by atoms with van der Waals surface area (Å²) in [6.45, 7) is 8.31. The predicted octanol–water partition coefficient (Wildman–Crippen LogP) is 3.27. The molecule has 0 amide bonds. The first-order chi connectivity index (χ1) is 6.49. The zero-order valence-electron chi connectivity index (χ0n) is 9.62. The van der Waals surface area contributed by atoms with E-state index < -0.39 is 5.97 Å². The number of carboxylic acid groups (broad SMARTS) is 1. The summed E-state index contributed by atoms with van der Waals surface area (Å²) >= 11 is 1.77. The van der Waals surface area contributed by atoms with Gasteiger partial charge in [0, 0.05) is 5.25 Å². The lowest BCUT2D eigenvalue weighted by atomic mass is 9.95. The molecule has 1 N–H and O–H groups in total. The molecule has 0 aliphatic heterocycles. The summed E-state index contributed by atoms with van der Waals surface area (Å²) in [6.07, 6.45) is 1.90. The largest absolute Gasteiger partial charge is 0.481 e. The lowest BCUT2D eigenvalue weighted by Gasteiger charge is -2.21. The van der Waals surface area contributed by atoms with Crippen molar-refractivity contribution in [3.8, 4) is 0 Å². The van der Waals surface area contributed by atoms with Crippen LogP contribution >= 0.6 is 11.8 Å². The monoisotopic (exact) mass is 218 g/mol. The third-order valence-electron chi connectivity index (χ3n) is 2.19. The van der Waals surface area contributed by atoms with Crippen molar-refractivity contribution in [1.82, 2.24) is 0 Å². The summed E-state index contributed by atoms with van der Waals surface area (Å²) in [5, 5.41) is 9.31. The molecule has 0 rings (SSSR count). The smallest absolute Gasteiger partial charge is 0.307 e. The maximum absolute atomic E-state index is 11.0. The van der Waals surface area contributed by atoms with Crippen molar-refractivity contribution >= 4 is 17.7 Å². The minimum atomic E-state index is -0.644. The van der Waals surface area contributed by atoms with Gasteiger partial charge in [0.1, 0.15) is 0 Å². The van der Waals surface area contributed by atoms with Gasteiger partial charge in [-0.2, -0.15) is 11.8 Å². The lowest BCUT2D eigenvalue weighted by molar-refractivity contribution is -0.142. The van der Waals surface area contributed by atoms with Gasteiger partial charge < -0.3 is 5.11 Å². The number of aliphatic carboxylic acids is 1. The van der Waals surface area contributed by atoms with Gasteiger partial charge in [-0.1, -0.05) is 27.7 Å². The number of thioether (sulfide) groups is 1. The molecule has 2 nitrogen and oxygen atoms in total. The van der Waals surface area contributed by atoms with E-state index in [0.717, 1.165) is 18.6 Å². The van der Waals surface area contributed by atoms with E-state index in [1.54, 1.807) is 11.8 Å². The molecule has 2 unspecified atom stereocenters. The van der Waals surface area contributed by atoms with E-state index in [1.165, 1.54) is 0 Å². The number of hydrogen-bond donors (Lipinski definition) is 1. The molecule has 0 spiro atoms. The average molecular weight is 218 g/mol. The topological polar surface area (TPSA) is 37.3 Å². The summed E-state index contributed by atoms with van der Waals surface area (Å²) in [5.74, 6) is 0.686. The Bertz CT molecular complexity index is 169. The highest BCUT2D eigenvalue weighted by atomic mass is 32.2. The van der Waals surface area contributed by atoms with Crippen molar-refractivity contribution in [2.45, 2.75) is 45.8 Å². The quantitative estimate of drug-likeness (QED) is 0.712. The van der Waals surface area contributed by atoms with Crippen LogP contribution in [0.4, 0.5) is 0 Å². The van der Waals surface area contributed by atoms with Crippen LogP contribution in [0.3, 0.4) is 0 Å². The normalized spacial score (nSPS) is 15.5. The molecule has 0 aliphatic carbocycles.